The zero-order valence-electron chi connectivity index (χ0n) is 26.1. The van der Waals surface area contributed by atoms with Gasteiger partial charge >= 0.3 is 0 Å². The van der Waals surface area contributed by atoms with Gasteiger partial charge in [-0.15, -0.1) is 0 Å². The van der Waals surface area contributed by atoms with Crippen LogP contribution in [0.1, 0.15) is 31.9 Å². The molecule has 1 atom stereocenters. The van der Waals surface area contributed by atoms with Crippen LogP contribution in [0.2, 0.25) is 10.0 Å². The molecule has 1 unspecified atom stereocenters. The molecule has 0 saturated carbocycles. The number of methoxy groups -OCH3 is 1. The van der Waals surface area contributed by atoms with E-state index < -0.39 is 34.1 Å². The first kappa shape index (κ1) is 34.8. The molecule has 2 amide bonds. The summed E-state index contributed by atoms with van der Waals surface area (Å²) in [7, 11) is -2.81. The van der Waals surface area contributed by atoms with Gasteiger partial charge in [-0.25, -0.2) is 8.42 Å². The fourth-order valence-corrected chi connectivity index (χ4v) is 6.64. The second-order valence-corrected chi connectivity index (χ2v) is 14.4. The summed E-state index contributed by atoms with van der Waals surface area (Å²) in [6, 6.07) is 27.5. The lowest BCUT2D eigenvalue weighted by molar-refractivity contribution is -0.140. The van der Waals surface area contributed by atoms with Crippen LogP contribution in [0.4, 0.5) is 5.69 Å². The van der Waals surface area contributed by atoms with Crippen LogP contribution in [0.5, 0.6) is 5.75 Å². The number of anilines is 1. The number of hydrogen-bond acceptors (Lipinski definition) is 5. The van der Waals surface area contributed by atoms with Crippen LogP contribution < -0.4 is 14.4 Å². The van der Waals surface area contributed by atoms with Crippen molar-refractivity contribution in [3.05, 3.63) is 124 Å². The Morgan fingerprint density at radius 2 is 1.52 bits per heavy atom. The predicted octanol–water partition coefficient (Wildman–Crippen LogP) is 6.75. The molecule has 11 heteroatoms. The highest BCUT2D eigenvalue weighted by molar-refractivity contribution is 7.92. The monoisotopic (exact) mass is 681 g/mol. The summed E-state index contributed by atoms with van der Waals surface area (Å²) >= 11 is 12.8. The van der Waals surface area contributed by atoms with Crippen LogP contribution >= 0.6 is 23.2 Å². The van der Waals surface area contributed by atoms with Crippen LogP contribution in [-0.2, 0) is 32.6 Å². The quantitative estimate of drug-likeness (QED) is 0.178. The molecule has 1 N–H and O–H groups in total. The molecule has 46 heavy (non-hydrogen) atoms. The number of benzene rings is 4. The molecule has 242 valence electrons. The molecule has 0 aliphatic carbocycles. The highest BCUT2D eigenvalue weighted by Crippen LogP contribution is 2.29. The second kappa shape index (κ2) is 15.0. The zero-order chi connectivity index (χ0) is 33.5. The summed E-state index contributed by atoms with van der Waals surface area (Å²) in [6.07, 6.45) is 0.182. The maximum atomic E-state index is 14.6. The Kier molecular flexibility index (Phi) is 11.4. The Balaban J connectivity index is 1.83. The lowest BCUT2D eigenvalue weighted by Crippen LogP contribution is -2.56. The number of nitrogens with zero attached hydrogens (tertiary/aromatic N) is 2. The summed E-state index contributed by atoms with van der Waals surface area (Å²) < 4.78 is 34.5. The van der Waals surface area contributed by atoms with Crippen LogP contribution in [-0.4, -0.2) is 50.4 Å². The van der Waals surface area contributed by atoms with Gasteiger partial charge < -0.3 is 15.0 Å². The van der Waals surface area contributed by atoms with Gasteiger partial charge in [-0.1, -0.05) is 77.8 Å². The van der Waals surface area contributed by atoms with E-state index in [-0.39, 0.29) is 29.5 Å². The topological polar surface area (TPSA) is 96.0 Å². The normalized spacial score (nSPS) is 12.2. The number of nitrogens with one attached hydrogen (secondary N) is 1. The summed E-state index contributed by atoms with van der Waals surface area (Å²) in [5, 5.41) is 3.71. The molecule has 4 aromatic rings. The summed E-state index contributed by atoms with van der Waals surface area (Å²) in [5.41, 5.74) is 1.01. The Labute approximate surface area is 280 Å². The molecule has 0 fully saturated rings. The Hall–Kier alpha value is -4.05. The lowest BCUT2D eigenvalue weighted by Gasteiger charge is -2.35. The number of amides is 2. The van der Waals surface area contributed by atoms with E-state index in [1.165, 1.54) is 42.3 Å². The molecule has 0 radical (unpaired) electrons. The highest BCUT2D eigenvalue weighted by Gasteiger charge is 2.36. The van der Waals surface area contributed by atoms with Gasteiger partial charge in [0, 0.05) is 28.5 Å². The largest absolute Gasteiger partial charge is 0.497 e. The van der Waals surface area contributed by atoms with Gasteiger partial charge in [0.25, 0.3) is 10.0 Å². The standard InChI is InChI=1S/C35H37Cl2N3O5S/c1-35(2,3)38-34(42)32(21-25-11-6-5-7-12-25)39(23-26-13-8-9-16-31(26)37)33(41)24-40(28-15-10-14-27(36)22-28)46(43,44)30-19-17-29(45-4)18-20-30/h5-20,22,32H,21,23-24H2,1-4H3,(H,38,42). The van der Waals surface area contributed by atoms with Gasteiger partial charge in [-0.3, -0.25) is 13.9 Å². The first-order valence-electron chi connectivity index (χ1n) is 14.6. The average Bonchev–Trinajstić information content (AvgIpc) is 3.01. The van der Waals surface area contributed by atoms with Gasteiger partial charge in [0.1, 0.15) is 18.3 Å². The molecule has 0 aliphatic heterocycles. The Morgan fingerprint density at radius 1 is 0.870 bits per heavy atom. The van der Waals surface area contributed by atoms with Crippen LogP contribution in [0.3, 0.4) is 0 Å². The van der Waals surface area contributed by atoms with E-state index in [0.29, 0.717) is 21.4 Å². The first-order valence-corrected chi connectivity index (χ1v) is 16.8. The fourth-order valence-electron chi connectivity index (χ4n) is 4.85. The smallest absolute Gasteiger partial charge is 0.264 e. The molecule has 0 aromatic heterocycles. The molecule has 8 nitrogen and oxygen atoms in total. The third kappa shape index (κ3) is 9.02. The number of ether oxygens (including phenoxy) is 1. The molecule has 0 aliphatic rings. The lowest BCUT2D eigenvalue weighted by atomic mass is 10.0. The van der Waals surface area contributed by atoms with Crippen molar-refractivity contribution >= 4 is 50.7 Å². The average molecular weight is 683 g/mol. The van der Waals surface area contributed by atoms with Gasteiger partial charge in [0.2, 0.25) is 11.8 Å². The van der Waals surface area contributed by atoms with Crippen molar-refractivity contribution < 1.29 is 22.7 Å². The predicted molar refractivity (Wildman–Crippen MR) is 183 cm³/mol. The number of carbonyl (C=O) groups excluding carboxylic acids is 2. The molecular weight excluding hydrogens is 645 g/mol. The van der Waals surface area contributed by atoms with Crippen molar-refractivity contribution in [2.24, 2.45) is 0 Å². The van der Waals surface area contributed by atoms with Gasteiger partial charge in [-0.05, 0) is 80.4 Å². The Bertz CT molecular complexity index is 1760. The van der Waals surface area contributed by atoms with E-state index in [0.717, 1.165) is 9.87 Å². The molecule has 0 saturated heterocycles. The van der Waals surface area contributed by atoms with E-state index in [1.54, 1.807) is 42.5 Å². The van der Waals surface area contributed by atoms with E-state index in [4.69, 9.17) is 27.9 Å². The summed E-state index contributed by atoms with van der Waals surface area (Å²) in [6.45, 7) is 4.90. The fraction of sp³-hybridized carbons (Fsp3) is 0.257. The second-order valence-electron chi connectivity index (χ2n) is 11.7. The number of sulfonamides is 1. The maximum absolute atomic E-state index is 14.6. The minimum Gasteiger partial charge on any atom is -0.497 e. The van der Waals surface area contributed by atoms with Crippen molar-refractivity contribution in [3.63, 3.8) is 0 Å². The Morgan fingerprint density at radius 3 is 2.13 bits per heavy atom. The van der Waals surface area contributed by atoms with Crippen molar-refractivity contribution in [2.45, 2.75) is 50.2 Å². The van der Waals surface area contributed by atoms with Crippen molar-refractivity contribution in [1.82, 2.24) is 10.2 Å². The van der Waals surface area contributed by atoms with Crippen LogP contribution in [0, 0.1) is 0 Å². The van der Waals surface area contributed by atoms with E-state index in [9.17, 15) is 18.0 Å². The number of hydrogen-bond donors (Lipinski definition) is 1. The molecule has 0 heterocycles. The van der Waals surface area contributed by atoms with Crippen LogP contribution in [0.15, 0.2) is 108 Å². The molecule has 4 rings (SSSR count). The van der Waals surface area contributed by atoms with Crippen molar-refractivity contribution in [3.8, 4) is 5.75 Å². The van der Waals surface area contributed by atoms with Gasteiger partial charge in [0.15, 0.2) is 0 Å². The van der Waals surface area contributed by atoms with Crippen LogP contribution in [0.25, 0.3) is 0 Å². The molecular formula is C35H37Cl2N3O5S. The summed E-state index contributed by atoms with van der Waals surface area (Å²) in [5.74, 6) is -0.519. The maximum Gasteiger partial charge on any atom is 0.264 e. The van der Waals surface area contributed by atoms with Gasteiger partial charge in [0.05, 0.1) is 17.7 Å². The first-order chi connectivity index (χ1) is 21.8. The number of carbonyl (C=O) groups is 2. The SMILES string of the molecule is COc1ccc(S(=O)(=O)N(CC(=O)N(Cc2ccccc2Cl)C(Cc2ccccc2)C(=O)NC(C)(C)C)c2cccc(Cl)c2)cc1. The minimum atomic E-state index is -4.29. The minimum absolute atomic E-state index is 0.0421. The van der Waals surface area contributed by atoms with E-state index in [2.05, 4.69) is 5.32 Å². The zero-order valence-corrected chi connectivity index (χ0v) is 28.4. The van der Waals surface area contributed by atoms with E-state index >= 15 is 0 Å². The highest BCUT2D eigenvalue weighted by atomic mass is 35.5. The van der Waals surface area contributed by atoms with Crippen molar-refractivity contribution in [1.29, 1.82) is 0 Å². The third-order valence-corrected chi connectivity index (χ3v) is 9.48. The molecule has 0 bridgehead atoms. The number of halogens is 2. The number of rotatable bonds is 12. The third-order valence-electron chi connectivity index (χ3n) is 7.09. The molecule has 0 spiro atoms. The van der Waals surface area contributed by atoms with Crippen molar-refractivity contribution in [2.75, 3.05) is 18.0 Å². The summed E-state index contributed by atoms with van der Waals surface area (Å²) in [4.78, 5) is 29.9. The van der Waals surface area contributed by atoms with Gasteiger partial charge in [-0.2, -0.15) is 0 Å². The van der Waals surface area contributed by atoms with E-state index in [1.807, 2.05) is 51.1 Å². The molecule has 4 aromatic carbocycles.